The molecule has 0 aliphatic heterocycles. The molecule has 0 amide bonds. The molecule has 0 spiro atoms. The van der Waals surface area contributed by atoms with Crippen LogP contribution in [-0.2, 0) is 18.3 Å². The molecule has 0 aromatic carbocycles. The summed E-state index contributed by atoms with van der Waals surface area (Å²) in [5.74, 6) is -2.76. The minimum absolute atomic E-state index is 0. The summed E-state index contributed by atoms with van der Waals surface area (Å²) in [6.45, 7) is 0. The van der Waals surface area contributed by atoms with Crippen molar-refractivity contribution in [3.8, 4) is 0 Å². The Labute approximate surface area is 49.7 Å². The van der Waals surface area contributed by atoms with Crippen LogP contribution in [0.4, 0.5) is 13.2 Å². The molecule has 0 bridgehead atoms. The van der Waals surface area contributed by atoms with E-state index in [1.54, 1.807) is 0 Å². The predicted molar refractivity (Wildman–Crippen MR) is 25.2 cm³/mol. The monoisotopic (exact) mass is 149 g/mol. The second kappa shape index (κ2) is 2.81. The fourth-order valence-corrected chi connectivity index (χ4v) is 0. The molecule has 0 rings (SSSR count). The highest BCUT2D eigenvalue weighted by Gasteiger charge is 2.38. The van der Waals surface area contributed by atoms with E-state index in [1.165, 1.54) is 0 Å². The molecule has 0 radical (unpaired) electrons. The highest BCUT2D eigenvalue weighted by Crippen LogP contribution is 2.13. The zero-order valence-electron chi connectivity index (χ0n) is 3.57. The summed E-state index contributed by atoms with van der Waals surface area (Å²) in [5.41, 5.74) is 0. The van der Waals surface area contributed by atoms with E-state index in [0.29, 0.717) is 0 Å². The third-order valence-corrected chi connectivity index (χ3v) is 0.243. The summed E-state index contributed by atoms with van der Waals surface area (Å²) >= 11 is 0. The van der Waals surface area contributed by atoms with E-state index in [0.717, 1.165) is 0 Å². The predicted octanol–water partition coefficient (Wildman–Crippen LogP) is -0.172. The van der Waals surface area contributed by atoms with Gasteiger partial charge in [0.2, 0.25) is 0 Å². The molecule has 0 aliphatic rings. The first-order chi connectivity index (χ1) is 2.94. The van der Waals surface area contributed by atoms with Gasteiger partial charge in [-0.3, -0.25) is 0 Å². The number of alkyl halides is 3. The average Bonchev–Trinajstić information content (AvgIpc) is 1.31. The number of hydrogen-bond donors (Lipinski definition) is 1. The lowest BCUT2D eigenvalue weighted by Crippen LogP contribution is -2.21. The first-order valence-electron chi connectivity index (χ1n) is 1.24. The minimum atomic E-state index is -5.08. The number of aliphatic carboxylic acids is 1. The maximum absolute atomic E-state index is 10.6. The van der Waals surface area contributed by atoms with E-state index in [2.05, 4.69) is 0 Å². The van der Waals surface area contributed by atoms with Crippen LogP contribution in [0.15, 0.2) is 0 Å². The van der Waals surface area contributed by atoms with Crippen molar-refractivity contribution in [2.45, 2.75) is 6.18 Å². The van der Waals surface area contributed by atoms with Gasteiger partial charge in [0.25, 0.3) is 0 Å². The molecule has 8 heavy (non-hydrogen) atoms. The molecule has 0 saturated heterocycles. The molecule has 1 N–H and O–H groups in total. The lowest BCUT2D eigenvalue weighted by molar-refractivity contribution is -0.192. The molecule has 0 aromatic rings. The van der Waals surface area contributed by atoms with Crippen molar-refractivity contribution in [1.29, 1.82) is 0 Å². The molecule has 0 aliphatic carbocycles. The van der Waals surface area contributed by atoms with Gasteiger partial charge in [-0.05, 0) is 0 Å². The van der Waals surface area contributed by atoms with E-state index < -0.39 is 12.1 Å². The fraction of sp³-hybridized carbons (Fsp3) is 0.500. The van der Waals surface area contributed by atoms with E-state index in [4.69, 9.17) is 9.90 Å². The van der Waals surface area contributed by atoms with Crippen LogP contribution in [-0.4, -0.2) is 17.3 Å². The van der Waals surface area contributed by atoms with E-state index in [9.17, 15) is 13.2 Å². The molecule has 0 heterocycles. The highest BCUT2D eigenvalue weighted by molar-refractivity contribution is 7.37. The second-order valence-electron chi connectivity index (χ2n) is 0.803. The van der Waals surface area contributed by atoms with Gasteiger partial charge in [0, 0.05) is 0 Å². The van der Waals surface area contributed by atoms with Gasteiger partial charge in [0.1, 0.15) is 0 Å². The van der Waals surface area contributed by atoms with Gasteiger partial charge < -0.3 is 5.11 Å². The maximum atomic E-state index is 10.6. The van der Waals surface area contributed by atoms with Crippen LogP contribution >= 0.6 is 0 Å². The average molecular weight is 149 g/mol. The Morgan fingerprint density at radius 1 is 1.38 bits per heavy atom. The Kier molecular flexibility index (Phi) is 3.71. The molecule has 0 unspecified atom stereocenters. The summed E-state index contributed by atoms with van der Waals surface area (Å²) in [4.78, 5) is 8.90. The summed E-state index contributed by atoms with van der Waals surface area (Å²) in [6.07, 6.45) is -5.08. The SMILES string of the molecule is O=C(O)C(F)(F)F.[SH3+]. The number of halogens is 3. The van der Waals surface area contributed by atoms with Gasteiger partial charge >= 0.3 is 12.1 Å². The fourth-order valence-electron chi connectivity index (χ4n) is 0. The minimum Gasteiger partial charge on any atom is -0.475 e. The first kappa shape index (κ1) is 10.6. The lowest BCUT2D eigenvalue weighted by atomic mass is 10.7. The Bertz CT molecular complexity index is 87.8. The van der Waals surface area contributed by atoms with Crippen LogP contribution in [0.3, 0.4) is 0 Å². The summed E-state index contributed by atoms with van der Waals surface area (Å²) in [7, 11) is 0. The zero-order valence-corrected chi connectivity index (χ0v) is 4.72. The summed E-state index contributed by atoms with van der Waals surface area (Å²) in [6, 6.07) is 0. The van der Waals surface area contributed by atoms with Crippen LogP contribution in [0, 0.1) is 0 Å². The van der Waals surface area contributed by atoms with Crippen molar-refractivity contribution >= 4 is 19.5 Å². The van der Waals surface area contributed by atoms with Crippen molar-refractivity contribution in [2.75, 3.05) is 0 Å². The molecular formula is C2H4F3O2S+. The number of carboxylic acids is 1. The van der Waals surface area contributed by atoms with Gasteiger partial charge in [-0.2, -0.15) is 13.2 Å². The Morgan fingerprint density at radius 2 is 1.50 bits per heavy atom. The molecular weight excluding hydrogens is 145 g/mol. The van der Waals surface area contributed by atoms with E-state index in [-0.39, 0.29) is 13.5 Å². The second-order valence-corrected chi connectivity index (χ2v) is 0.803. The van der Waals surface area contributed by atoms with E-state index in [1.807, 2.05) is 0 Å². The summed E-state index contributed by atoms with van der Waals surface area (Å²) in [5, 5.41) is 7.12. The Hall–Kier alpha value is -0.390. The van der Waals surface area contributed by atoms with Gasteiger partial charge in [0.15, 0.2) is 0 Å². The molecule has 0 saturated carbocycles. The van der Waals surface area contributed by atoms with Gasteiger partial charge in [-0.15, -0.1) is 0 Å². The standard InChI is InChI=1S/C2HF3O2.H2S/c3-2(4,5)1(6)7;/h(H,6,7);1H2/p+1. The smallest absolute Gasteiger partial charge is 0.475 e. The van der Waals surface area contributed by atoms with Crippen molar-refractivity contribution in [3.63, 3.8) is 0 Å². The molecule has 0 atom stereocenters. The third kappa shape index (κ3) is 3.79. The molecule has 6 heteroatoms. The van der Waals surface area contributed by atoms with Crippen LogP contribution in [0.25, 0.3) is 0 Å². The number of carbonyl (C=O) groups is 1. The largest absolute Gasteiger partial charge is 0.490 e. The third-order valence-electron chi connectivity index (χ3n) is 0.243. The quantitative estimate of drug-likeness (QED) is 0.485. The van der Waals surface area contributed by atoms with Crippen molar-refractivity contribution in [2.24, 2.45) is 0 Å². The molecule has 0 fully saturated rings. The van der Waals surface area contributed by atoms with Gasteiger partial charge in [0.05, 0.1) is 0 Å². The normalized spacial score (nSPS) is 9.88. The highest BCUT2D eigenvalue weighted by atomic mass is 32.1. The Balaban J connectivity index is 0. The number of carboxylic acid groups (broad SMARTS) is 1. The number of hydrogen-bond acceptors (Lipinski definition) is 1. The molecule has 2 nitrogen and oxygen atoms in total. The van der Waals surface area contributed by atoms with Crippen LogP contribution < -0.4 is 0 Å². The first-order valence-corrected chi connectivity index (χ1v) is 1.24. The van der Waals surface area contributed by atoms with Crippen molar-refractivity contribution in [1.82, 2.24) is 0 Å². The number of rotatable bonds is 0. The maximum Gasteiger partial charge on any atom is 0.490 e. The topological polar surface area (TPSA) is 37.3 Å². The Morgan fingerprint density at radius 3 is 1.50 bits per heavy atom. The van der Waals surface area contributed by atoms with Crippen LogP contribution in [0.5, 0.6) is 0 Å². The van der Waals surface area contributed by atoms with Crippen molar-refractivity contribution in [3.05, 3.63) is 0 Å². The lowest BCUT2D eigenvalue weighted by Gasteiger charge is -1.93. The molecule has 0 aromatic heterocycles. The van der Waals surface area contributed by atoms with Gasteiger partial charge in [-0.25, -0.2) is 4.79 Å². The zero-order chi connectivity index (χ0) is 6.08. The van der Waals surface area contributed by atoms with E-state index >= 15 is 0 Å². The summed E-state index contributed by atoms with van der Waals surface area (Å²) < 4.78 is 31.7. The van der Waals surface area contributed by atoms with Crippen LogP contribution in [0.2, 0.25) is 0 Å². The van der Waals surface area contributed by atoms with Gasteiger partial charge in [-0.1, -0.05) is 13.5 Å². The molecule has 50 valence electrons. The van der Waals surface area contributed by atoms with Crippen molar-refractivity contribution < 1.29 is 23.1 Å². The van der Waals surface area contributed by atoms with Crippen LogP contribution in [0.1, 0.15) is 0 Å².